The fraction of sp³-hybridized carbons (Fsp3) is 0.176. The van der Waals surface area contributed by atoms with Crippen LogP contribution in [0, 0.1) is 12.3 Å². The standard InChI is InChI=1S/C17H16O/c1-2-13-17(18,16-11-7-4-8-12-16)14-15-9-5-3-6-10-15/h1,3-12,18H,13-14H2/t17-/m1/s1. The third-order valence-electron chi connectivity index (χ3n) is 3.05. The van der Waals surface area contributed by atoms with Gasteiger partial charge in [0.2, 0.25) is 0 Å². The average molecular weight is 236 g/mol. The molecule has 0 aliphatic heterocycles. The van der Waals surface area contributed by atoms with E-state index in [1.165, 1.54) is 0 Å². The first kappa shape index (κ1) is 12.4. The molecular formula is C17H16O. The Morgan fingerprint density at radius 1 is 0.944 bits per heavy atom. The molecule has 0 spiro atoms. The lowest BCUT2D eigenvalue weighted by molar-refractivity contribution is 0.0423. The van der Waals surface area contributed by atoms with Gasteiger partial charge in [-0.3, -0.25) is 0 Å². The van der Waals surface area contributed by atoms with Crippen LogP contribution in [0.2, 0.25) is 0 Å². The van der Waals surface area contributed by atoms with Crippen molar-refractivity contribution in [3.8, 4) is 12.3 Å². The van der Waals surface area contributed by atoms with Gasteiger partial charge in [0.15, 0.2) is 0 Å². The van der Waals surface area contributed by atoms with Crippen LogP contribution in [0.25, 0.3) is 0 Å². The van der Waals surface area contributed by atoms with Crippen molar-refractivity contribution in [3.05, 3.63) is 71.8 Å². The first-order chi connectivity index (χ1) is 8.74. The fourth-order valence-corrected chi connectivity index (χ4v) is 2.12. The Kier molecular flexibility index (Phi) is 3.82. The van der Waals surface area contributed by atoms with Crippen LogP contribution in [0.4, 0.5) is 0 Å². The van der Waals surface area contributed by atoms with Gasteiger partial charge in [-0.25, -0.2) is 0 Å². The minimum absolute atomic E-state index is 0.311. The van der Waals surface area contributed by atoms with E-state index in [4.69, 9.17) is 6.42 Å². The van der Waals surface area contributed by atoms with Crippen LogP contribution in [-0.4, -0.2) is 5.11 Å². The lowest BCUT2D eigenvalue weighted by Gasteiger charge is -2.27. The molecule has 0 saturated heterocycles. The maximum Gasteiger partial charge on any atom is 0.104 e. The highest BCUT2D eigenvalue weighted by atomic mass is 16.3. The monoisotopic (exact) mass is 236 g/mol. The second kappa shape index (κ2) is 5.53. The molecule has 1 atom stereocenters. The number of rotatable bonds is 4. The van der Waals surface area contributed by atoms with Gasteiger partial charge in [0.1, 0.15) is 5.60 Å². The molecule has 1 N–H and O–H groups in total. The molecule has 0 bridgehead atoms. The van der Waals surface area contributed by atoms with Gasteiger partial charge in [-0.1, -0.05) is 60.7 Å². The van der Waals surface area contributed by atoms with E-state index in [9.17, 15) is 5.11 Å². The van der Waals surface area contributed by atoms with Crippen molar-refractivity contribution in [2.24, 2.45) is 0 Å². The summed E-state index contributed by atoms with van der Waals surface area (Å²) in [7, 11) is 0. The molecule has 0 unspecified atom stereocenters. The summed E-state index contributed by atoms with van der Waals surface area (Å²) in [6.07, 6.45) is 6.24. The summed E-state index contributed by atoms with van der Waals surface area (Å²) >= 11 is 0. The molecule has 0 radical (unpaired) electrons. The van der Waals surface area contributed by atoms with Crippen LogP contribution in [0.1, 0.15) is 17.5 Å². The first-order valence-electron chi connectivity index (χ1n) is 6.00. The Hall–Kier alpha value is -2.04. The zero-order valence-electron chi connectivity index (χ0n) is 10.2. The quantitative estimate of drug-likeness (QED) is 0.809. The maximum atomic E-state index is 10.8. The third kappa shape index (κ3) is 2.80. The lowest BCUT2D eigenvalue weighted by atomic mass is 9.85. The Labute approximate surface area is 108 Å². The van der Waals surface area contributed by atoms with Crippen molar-refractivity contribution >= 4 is 0 Å². The highest BCUT2D eigenvalue weighted by Gasteiger charge is 2.28. The van der Waals surface area contributed by atoms with Gasteiger partial charge in [-0.2, -0.15) is 0 Å². The molecule has 0 aliphatic carbocycles. The Morgan fingerprint density at radius 2 is 1.50 bits per heavy atom. The SMILES string of the molecule is C#CC[C@@](O)(Cc1ccccc1)c1ccccc1. The molecule has 18 heavy (non-hydrogen) atoms. The van der Waals surface area contributed by atoms with E-state index >= 15 is 0 Å². The molecule has 1 heteroatoms. The van der Waals surface area contributed by atoms with Crippen LogP contribution >= 0.6 is 0 Å². The van der Waals surface area contributed by atoms with Crippen LogP contribution in [-0.2, 0) is 12.0 Å². The molecule has 2 aromatic carbocycles. The smallest absolute Gasteiger partial charge is 0.104 e. The molecule has 0 heterocycles. The van der Waals surface area contributed by atoms with Gasteiger partial charge in [0.05, 0.1) is 0 Å². The van der Waals surface area contributed by atoms with Gasteiger partial charge in [-0.05, 0) is 11.1 Å². The summed E-state index contributed by atoms with van der Waals surface area (Å²) in [5, 5.41) is 10.8. The van der Waals surface area contributed by atoms with Gasteiger partial charge < -0.3 is 5.11 Å². The van der Waals surface area contributed by atoms with Gasteiger partial charge >= 0.3 is 0 Å². The van der Waals surface area contributed by atoms with E-state index in [1.54, 1.807) is 0 Å². The number of aliphatic hydroxyl groups is 1. The molecule has 0 amide bonds. The van der Waals surface area contributed by atoms with Gasteiger partial charge in [0.25, 0.3) is 0 Å². The molecule has 0 aromatic heterocycles. The number of hydrogen-bond donors (Lipinski definition) is 1. The lowest BCUT2D eigenvalue weighted by Crippen LogP contribution is -2.28. The average Bonchev–Trinajstić information content (AvgIpc) is 2.41. The van der Waals surface area contributed by atoms with Crippen LogP contribution in [0.5, 0.6) is 0 Å². The topological polar surface area (TPSA) is 20.2 Å². The van der Waals surface area contributed by atoms with Gasteiger partial charge in [0, 0.05) is 12.8 Å². The predicted molar refractivity (Wildman–Crippen MR) is 73.9 cm³/mol. The summed E-state index contributed by atoms with van der Waals surface area (Å²) in [5.74, 6) is 2.58. The molecule has 90 valence electrons. The fourth-order valence-electron chi connectivity index (χ4n) is 2.12. The molecule has 2 rings (SSSR count). The summed E-state index contributed by atoms with van der Waals surface area (Å²) in [4.78, 5) is 0. The van der Waals surface area contributed by atoms with E-state index in [2.05, 4.69) is 5.92 Å². The number of benzene rings is 2. The predicted octanol–water partition coefficient (Wildman–Crippen LogP) is 3.14. The van der Waals surface area contributed by atoms with Crippen molar-refractivity contribution in [1.82, 2.24) is 0 Å². The Morgan fingerprint density at radius 3 is 2.06 bits per heavy atom. The Balaban J connectivity index is 2.31. The van der Waals surface area contributed by atoms with Crippen molar-refractivity contribution < 1.29 is 5.11 Å². The minimum atomic E-state index is -0.989. The van der Waals surface area contributed by atoms with Crippen LogP contribution < -0.4 is 0 Å². The summed E-state index contributed by atoms with van der Waals surface area (Å²) in [5.41, 5.74) is 0.961. The van der Waals surface area contributed by atoms with Gasteiger partial charge in [-0.15, -0.1) is 12.3 Å². The molecule has 1 nitrogen and oxygen atoms in total. The highest BCUT2D eigenvalue weighted by Crippen LogP contribution is 2.28. The summed E-state index contributed by atoms with van der Waals surface area (Å²) in [6.45, 7) is 0. The first-order valence-corrected chi connectivity index (χ1v) is 6.00. The van der Waals surface area contributed by atoms with E-state index < -0.39 is 5.60 Å². The zero-order valence-corrected chi connectivity index (χ0v) is 10.2. The molecule has 2 aromatic rings. The maximum absolute atomic E-state index is 10.8. The molecule has 0 aliphatic rings. The minimum Gasteiger partial charge on any atom is -0.384 e. The van der Waals surface area contributed by atoms with Crippen molar-refractivity contribution in [1.29, 1.82) is 0 Å². The van der Waals surface area contributed by atoms with Crippen LogP contribution in [0.3, 0.4) is 0 Å². The van der Waals surface area contributed by atoms with Crippen molar-refractivity contribution in [2.45, 2.75) is 18.4 Å². The normalized spacial score (nSPS) is 13.6. The molecule has 0 saturated carbocycles. The molecule has 0 fully saturated rings. The van der Waals surface area contributed by atoms with Crippen molar-refractivity contribution in [2.75, 3.05) is 0 Å². The van der Waals surface area contributed by atoms with E-state index in [1.807, 2.05) is 60.7 Å². The zero-order chi connectivity index (χ0) is 12.8. The molecular weight excluding hydrogens is 220 g/mol. The largest absolute Gasteiger partial charge is 0.384 e. The van der Waals surface area contributed by atoms with E-state index in [0.29, 0.717) is 12.8 Å². The number of hydrogen-bond acceptors (Lipinski definition) is 1. The summed E-state index contributed by atoms with van der Waals surface area (Å²) < 4.78 is 0. The van der Waals surface area contributed by atoms with Crippen LogP contribution in [0.15, 0.2) is 60.7 Å². The summed E-state index contributed by atoms with van der Waals surface area (Å²) in [6, 6.07) is 19.5. The highest BCUT2D eigenvalue weighted by molar-refractivity contribution is 5.28. The second-order valence-electron chi connectivity index (χ2n) is 4.44. The third-order valence-corrected chi connectivity index (χ3v) is 3.05. The number of terminal acetylenes is 1. The second-order valence-corrected chi connectivity index (χ2v) is 4.44. The van der Waals surface area contributed by atoms with E-state index in [-0.39, 0.29) is 0 Å². The Bertz CT molecular complexity index is 525. The van der Waals surface area contributed by atoms with E-state index in [0.717, 1.165) is 11.1 Å². The van der Waals surface area contributed by atoms with Crippen molar-refractivity contribution in [3.63, 3.8) is 0 Å².